The molecule has 0 aromatic rings. The molecule has 0 aromatic carbocycles. The Labute approximate surface area is 166 Å². The number of nitrogens with zero attached hydrogens (tertiary/aromatic N) is 2. The summed E-state index contributed by atoms with van der Waals surface area (Å²) in [6, 6.07) is 0. The first-order valence-corrected chi connectivity index (χ1v) is 9.04. The average Bonchev–Trinajstić information content (AvgIpc) is 2.55. The lowest BCUT2D eigenvalue weighted by molar-refractivity contribution is -0.155. The van der Waals surface area contributed by atoms with Gasteiger partial charge in [0, 0.05) is 24.6 Å². The first kappa shape index (κ1) is 25.5. The van der Waals surface area contributed by atoms with Gasteiger partial charge in [0.25, 0.3) is 0 Å². The first-order valence-electron chi connectivity index (χ1n) is 7.78. The quantitative estimate of drug-likeness (QED) is 0.126. The highest BCUT2D eigenvalue weighted by Crippen LogP contribution is 2.05. The van der Waals surface area contributed by atoms with Crippen molar-refractivity contribution in [1.29, 1.82) is 0 Å². The maximum atomic E-state index is 12.0. The fourth-order valence-corrected chi connectivity index (χ4v) is 2.58. The van der Waals surface area contributed by atoms with Gasteiger partial charge in [-0.1, -0.05) is 0 Å². The van der Waals surface area contributed by atoms with Gasteiger partial charge in [0.05, 0.1) is 26.2 Å². The number of ether oxygens (including phenoxy) is 1. The lowest BCUT2D eigenvalue weighted by atomic mass is 10.2. The number of aliphatic hydroxyl groups is 1. The zero-order valence-electron chi connectivity index (χ0n) is 14.4. The van der Waals surface area contributed by atoms with Crippen molar-refractivity contribution >= 4 is 49.1 Å². The molecule has 0 radical (unpaired) electrons. The molecule has 2 atom stereocenters. The zero-order chi connectivity index (χ0) is 21.0. The predicted molar refractivity (Wildman–Crippen MR) is 99.4 cm³/mol. The number of carboxylic acids is 3. The molecule has 0 fully saturated rings. The molecule has 13 heteroatoms. The summed E-state index contributed by atoms with van der Waals surface area (Å²) in [5.74, 6) is -4.43. The Morgan fingerprint density at radius 3 is 1.52 bits per heavy atom. The molecule has 0 aliphatic carbocycles. The maximum Gasteiger partial charge on any atom is 0.320 e. The summed E-state index contributed by atoms with van der Waals surface area (Å²) in [5.41, 5.74) is 0. The highest BCUT2D eigenvalue weighted by atomic mass is 32.1. The lowest BCUT2D eigenvalue weighted by Crippen LogP contribution is -2.44. The third kappa shape index (κ3) is 12.5. The van der Waals surface area contributed by atoms with Crippen LogP contribution in [-0.4, -0.2) is 117 Å². The standard InChI is InChI=1S/C14H24N2O9S2/c17-9(7-26)10(8-27)25-14(24)6-16(5-13(22)23)2-1-15(3-11(18)19)4-12(20)21/h9-10,17,26-27H,1-8H2,(H,18,19)(H,20,21)(H,22,23). The summed E-state index contributed by atoms with van der Waals surface area (Å²) in [5, 5.41) is 36.2. The zero-order valence-corrected chi connectivity index (χ0v) is 16.2. The molecule has 0 aromatic heterocycles. The minimum atomic E-state index is -1.24. The second-order valence-corrected chi connectivity index (χ2v) is 6.29. The number of carbonyl (C=O) groups excluding carboxylic acids is 1. The minimum absolute atomic E-state index is 0.0384. The molecule has 0 aliphatic rings. The second kappa shape index (κ2) is 13.6. The molecule has 0 rings (SSSR count). The molecule has 0 saturated carbocycles. The van der Waals surface area contributed by atoms with E-state index in [1.165, 1.54) is 4.90 Å². The number of hydrogen-bond acceptors (Lipinski definition) is 10. The van der Waals surface area contributed by atoms with Gasteiger partial charge in [0.1, 0.15) is 12.2 Å². The van der Waals surface area contributed by atoms with Crippen molar-refractivity contribution in [2.75, 3.05) is 50.8 Å². The van der Waals surface area contributed by atoms with Crippen molar-refractivity contribution in [3.05, 3.63) is 0 Å². The number of aliphatic hydroxyl groups excluding tert-OH is 1. The van der Waals surface area contributed by atoms with Crippen LogP contribution in [0.3, 0.4) is 0 Å². The van der Waals surface area contributed by atoms with Crippen molar-refractivity contribution in [2.24, 2.45) is 0 Å². The Morgan fingerprint density at radius 2 is 1.19 bits per heavy atom. The Bertz CT molecular complexity index is 505. The molecular weight excluding hydrogens is 404 g/mol. The highest BCUT2D eigenvalue weighted by Gasteiger charge is 2.24. The number of esters is 1. The summed E-state index contributed by atoms with van der Waals surface area (Å²) in [4.78, 5) is 46.8. The van der Waals surface area contributed by atoms with E-state index in [0.29, 0.717) is 0 Å². The van der Waals surface area contributed by atoms with Crippen LogP contribution in [0.2, 0.25) is 0 Å². The van der Waals surface area contributed by atoms with E-state index in [2.05, 4.69) is 25.3 Å². The van der Waals surface area contributed by atoms with Gasteiger partial charge >= 0.3 is 23.9 Å². The van der Waals surface area contributed by atoms with E-state index in [4.69, 9.17) is 20.1 Å². The second-order valence-electron chi connectivity index (χ2n) is 5.56. The Hall–Kier alpha value is -1.54. The van der Waals surface area contributed by atoms with Gasteiger partial charge in [-0.15, -0.1) is 0 Å². The van der Waals surface area contributed by atoms with Crippen LogP contribution >= 0.6 is 25.3 Å². The van der Waals surface area contributed by atoms with Crippen LogP contribution in [0, 0.1) is 0 Å². The van der Waals surface area contributed by atoms with Crippen LogP contribution < -0.4 is 0 Å². The van der Waals surface area contributed by atoms with Crippen molar-refractivity contribution < 1.29 is 44.3 Å². The SMILES string of the molecule is O=C(O)CN(CCN(CC(=O)O)CC(=O)OC(CS)C(O)CS)CC(=O)O. The normalized spacial score (nSPS) is 13.4. The molecule has 0 amide bonds. The van der Waals surface area contributed by atoms with Crippen LogP contribution in [0.4, 0.5) is 0 Å². The van der Waals surface area contributed by atoms with Gasteiger partial charge in [-0.25, -0.2) is 0 Å². The number of carboxylic acid groups (broad SMARTS) is 3. The van der Waals surface area contributed by atoms with Crippen molar-refractivity contribution in [3.63, 3.8) is 0 Å². The topological polar surface area (TPSA) is 165 Å². The highest BCUT2D eigenvalue weighted by molar-refractivity contribution is 7.80. The molecule has 27 heavy (non-hydrogen) atoms. The third-order valence-corrected chi connectivity index (χ3v) is 3.97. The fourth-order valence-electron chi connectivity index (χ4n) is 2.03. The monoisotopic (exact) mass is 428 g/mol. The lowest BCUT2D eigenvalue weighted by Gasteiger charge is -2.25. The van der Waals surface area contributed by atoms with Gasteiger partial charge < -0.3 is 25.2 Å². The minimum Gasteiger partial charge on any atom is -0.480 e. The van der Waals surface area contributed by atoms with Crippen LogP contribution in [0.5, 0.6) is 0 Å². The van der Waals surface area contributed by atoms with Gasteiger partial charge in [-0.3, -0.25) is 29.0 Å². The van der Waals surface area contributed by atoms with Crippen molar-refractivity contribution in [3.8, 4) is 0 Å². The molecule has 0 aliphatic heterocycles. The van der Waals surface area contributed by atoms with Crippen LogP contribution in [0.25, 0.3) is 0 Å². The van der Waals surface area contributed by atoms with Gasteiger partial charge in [-0.2, -0.15) is 25.3 Å². The number of hydrogen-bond donors (Lipinski definition) is 6. The molecule has 2 unspecified atom stereocenters. The molecule has 4 N–H and O–H groups in total. The van der Waals surface area contributed by atoms with Crippen LogP contribution in [0.15, 0.2) is 0 Å². The fraction of sp³-hybridized carbons (Fsp3) is 0.714. The number of thiol groups is 2. The molecule has 0 heterocycles. The first-order chi connectivity index (χ1) is 12.6. The van der Waals surface area contributed by atoms with Crippen molar-refractivity contribution in [1.82, 2.24) is 9.80 Å². The molecule has 0 bridgehead atoms. The summed E-state index contributed by atoms with van der Waals surface area (Å²) in [7, 11) is 0. The summed E-state index contributed by atoms with van der Waals surface area (Å²) in [6.45, 7) is -2.24. The molecule has 0 spiro atoms. The molecule has 0 saturated heterocycles. The Kier molecular flexibility index (Phi) is 12.8. The average molecular weight is 428 g/mol. The number of carbonyl (C=O) groups is 4. The van der Waals surface area contributed by atoms with Crippen LogP contribution in [-0.2, 0) is 23.9 Å². The van der Waals surface area contributed by atoms with Crippen molar-refractivity contribution in [2.45, 2.75) is 12.2 Å². The van der Waals surface area contributed by atoms with Gasteiger partial charge in [0.2, 0.25) is 0 Å². The molecular formula is C14H24N2O9S2. The van der Waals surface area contributed by atoms with E-state index in [1.54, 1.807) is 0 Å². The van der Waals surface area contributed by atoms with E-state index in [0.717, 1.165) is 4.90 Å². The van der Waals surface area contributed by atoms with Gasteiger partial charge in [0.15, 0.2) is 0 Å². The maximum absolute atomic E-state index is 12.0. The number of aliphatic carboxylic acids is 3. The van der Waals surface area contributed by atoms with E-state index in [9.17, 15) is 24.3 Å². The summed E-state index contributed by atoms with van der Waals surface area (Å²) >= 11 is 7.86. The Balaban J connectivity index is 4.85. The van der Waals surface area contributed by atoms with E-state index in [1.807, 2.05) is 0 Å². The van der Waals surface area contributed by atoms with Gasteiger partial charge in [-0.05, 0) is 0 Å². The third-order valence-electron chi connectivity index (χ3n) is 3.24. The summed E-state index contributed by atoms with van der Waals surface area (Å²) < 4.78 is 5.05. The number of rotatable bonds is 15. The molecule has 11 nitrogen and oxygen atoms in total. The largest absolute Gasteiger partial charge is 0.480 e. The van der Waals surface area contributed by atoms with Crippen LogP contribution in [0.1, 0.15) is 0 Å². The Morgan fingerprint density at radius 1 is 0.778 bits per heavy atom. The van der Waals surface area contributed by atoms with E-state index < -0.39 is 62.3 Å². The van der Waals surface area contributed by atoms with E-state index >= 15 is 0 Å². The molecule has 156 valence electrons. The predicted octanol–water partition coefficient (Wildman–Crippen LogP) is -2.02. The van der Waals surface area contributed by atoms with E-state index in [-0.39, 0.29) is 24.6 Å². The smallest absolute Gasteiger partial charge is 0.320 e. The summed E-state index contributed by atoms with van der Waals surface area (Å²) in [6.07, 6.45) is -1.95.